The van der Waals surface area contributed by atoms with Crippen LogP contribution in [0.1, 0.15) is 29.8 Å². The number of aliphatic hydroxyl groups excluding tert-OH is 1. The molecule has 1 aromatic carbocycles. The van der Waals surface area contributed by atoms with Crippen molar-refractivity contribution in [3.63, 3.8) is 0 Å². The molecule has 1 N–H and O–H groups in total. The van der Waals surface area contributed by atoms with Gasteiger partial charge in [-0.15, -0.1) is 11.8 Å². The number of thioether (sulfide) groups is 1. The summed E-state index contributed by atoms with van der Waals surface area (Å²) in [5, 5.41) is 15.1. The standard InChI is InChI=1S/C16H20N2OS/c1-3-11-8-12(18(2)17-11)9-15(19)14-10-20-16-7-5-4-6-13(14)16/h4-8,14-15,19H,3,9-10H2,1-2H3. The van der Waals surface area contributed by atoms with Gasteiger partial charge < -0.3 is 5.11 Å². The third-order valence-corrected chi connectivity index (χ3v) is 5.22. The fourth-order valence-electron chi connectivity index (χ4n) is 2.80. The van der Waals surface area contributed by atoms with Crippen LogP contribution in [0.2, 0.25) is 0 Å². The van der Waals surface area contributed by atoms with Gasteiger partial charge in [0.2, 0.25) is 0 Å². The average Bonchev–Trinajstić information content (AvgIpc) is 3.03. The topological polar surface area (TPSA) is 38.0 Å². The summed E-state index contributed by atoms with van der Waals surface area (Å²) in [6.07, 6.45) is 1.26. The molecule has 2 unspecified atom stereocenters. The van der Waals surface area contributed by atoms with E-state index in [9.17, 15) is 5.11 Å². The van der Waals surface area contributed by atoms with Gasteiger partial charge in [0.15, 0.2) is 0 Å². The quantitative estimate of drug-likeness (QED) is 0.940. The lowest BCUT2D eigenvalue weighted by atomic mass is 9.92. The van der Waals surface area contributed by atoms with Crippen molar-refractivity contribution in [2.75, 3.05) is 5.75 Å². The summed E-state index contributed by atoms with van der Waals surface area (Å²) in [5.74, 6) is 1.20. The minimum Gasteiger partial charge on any atom is -0.392 e. The Bertz CT molecular complexity index is 608. The Labute approximate surface area is 124 Å². The van der Waals surface area contributed by atoms with Crippen molar-refractivity contribution >= 4 is 11.8 Å². The van der Waals surface area contributed by atoms with Gasteiger partial charge in [-0.05, 0) is 24.1 Å². The minimum atomic E-state index is -0.341. The Morgan fingerprint density at radius 2 is 2.25 bits per heavy atom. The Hall–Kier alpha value is -1.26. The first-order valence-corrected chi connectivity index (χ1v) is 8.09. The van der Waals surface area contributed by atoms with E-state index in [0.717, 1.165) is 23.6 Å². The normalized spacial score (nSPS) is 19.1. The maximum Gasteiger partial charge on any atom is 0.0672 e. The summed E-state index contributed by atoms with van der Waals surface area (Å²) in [6.45, 7) is 2.10. The zero-order valence-corrected chi connectivity index (χ0v) is 12.7. The van der Waals surface area contributed by atoms with E-state index in [-0.39, 0.29) is 12.0 Å². The molecule has 0 radical (unpaired) electrons. The predicted molar refractivity (Wildman–Crippen MR) is 82.2 cm³/mol. The maximum absolute atomic E-state index is 10.6. The molecular formula is C16H20N2OS. The first kappa shape index (κ1) is 13.7. The molecule has 3 rings (SSSR count). The van der Waals surface area contributed by atoms with E-state index >= 15 is 0 Å². The zero-order valence-electron chi connectivity index (χ0n) is 11.9. The molecule has 0 spiro atoms. The minimum absolute atomic E-state index is 0.233. The molecule has 0 fully saturated rings. The molecule has 0 saturated carbocycles. The average molecular weight is 288 g/mol. The van der Waals surface area contributed by atoms with Crippen molar-refractivity contribution < 1.29 is 5.11 Å². The molecular weight excluding hydrogens is 268 g/mol. The number of hydrogen-bond donors (Lipinski definition) is 1. The van der Waals surface area contributed by atoms with Crippen LogP contribution in [0.3, 0.4) is 0 Å². The van der Waals surface area contributed by atoms with Crippen molar-refractivity contribution in [3.05, 3.63) is 47.3 Å². The van der Waals surface area contributed by atoms with Crippen molar-refractivity contribution in [1.82, 2.24) is 9.78 Å². The molecule has 20 heavy (non-hydrogen) atoms. The number of aryl methyl sites for hydroxylation is 2. The molecule has 1 aromatic heterocycles. The molecule has 2 heterocycles. The number of aliphatic hydroxyl groups is 1. The fourth-order valence-corrected chi connectivity index (χ4v) is 4.12. The van der Waals surface area contributed by atoms with Crippen LogP contribution in [0.4, 0.5) is 0 Å². The highest BCUT2D eigenvalue weighted by Crippen LogP contribution is 2.41. The number of nitrogens with zero attached hydrogens (tertiary/aromatic N) is 2. The van der Waals surface area contributed by atoms with Crippen LogP contribution in [-0.2, 0) is 19.9 Å². The van der Waals surface area contributed by atoms with E-state index in [1.807, 2.05) is 23.5 Å². The Kier molecular flexibility index (Phi) is 3.85. The van der Waals surface area contributed by atoms with Gasteiger partial charge in [0.25, 0.3) is 0 Å². The van der Waals surface area contributed by atoms with Crippen LogP contribution in [0.25, 0.3) is 0 Å². The Morgan fingerprint density at radius 3 is 3.00 bits per heavy atom. The molecule has 1 aliphatic rings. The van der Waals surface area contributed by atoms with Gasteiger partial charge in [0.1, 0.15) is 0 Å². The van der Waals surface area contributed by atoms with Crippen molar-refractivity contribution in [2.45, 2.75) is 36.7 Å². The lowest BCUT2D eigenvalue weighted by Crippen LogP contribution is -2.22. The van der Waals surface area contributed by atoms with Gasteiger partial charge in [0, 0.05) is 35.7 Å². The van der Waals surface area contributed by atoms with E-state index in [1.54, 1.807) is 0 Å². The van der Waals surface area contributed by atoms with Gasteiger partial charge in [-0.2, -0.15) is 5.10 Å². The molecule has 0 bridgehead atoms. The highest BCUT2D eigenvalue weighted by atomic mass is 32.2. The summed E-state index contributed by atoms with van der Waals surface area (Å²) >= 11 is 1.85. The summed E-state index contributed by atoms with van der Waals surface area (Å²) < 4.78 is 1.90. The van der Waals surface area contributed by atoms with Crippen LogP contribution in [0, 0.1) is 0 Å². The van der Waals surface area contributed by atoms with E-state index in [1.165, 1.54) is 10.5 Å². The molecule has 0 amide bonds. The first-order valence-electron chi connectivity index (χ1n) is 7.10. The molecule has 106 valence electrons. The molecule has 0 saturated heterocycles. The van der Waals surface area contributed by atoms with Gasteiger partial charge >= 0.3 is 0 Å². The second kappa shape index (κ2) is 5.62. The summed E-state index contributed by atoms with van der Waals surface area (Å²) in [6, 6.07) is 10.5. The number of hydrogen-bond acceptors (Lipinski definition) is 3. The summed E-state index contributed by atoms with van der Waals surface area (Å²) in [5.41, 5.74) is 3.50. The first-order chi connectivity index (χ1) is 9.69. The Balaban J connectivity index is 1.77. The van der Waals surface area contributed by atoms with Gasteiger partial charge in [-0.1, -0.05) is 25.1 Å². The van der Waals surface area contributed by atoms with Crippen LogP contribution < -0.4 is 0 Å². The number of benzene rings is 1. The van der Waals surface area contributed by atoms with Crippen LogP contribution in [0.5, 0.6) is 0 Å². The van der Waals surface area contributed by atoms with Gasteiger partial charge in [0.05, 0.1) is 11.8 Å². The third kappa shape index (κ3) is 2.50. The monoisotopic (exact) mass is 288 g/mol. The van der Waals surface area contributed by atoms with Crippen LogP contribution in [-0.4, -0.2) is 26.7 Å². The highest BCUT2D eigenvalue weighted by Gasteiger charge is 2.29. The predicted octanol–water partition coefficient (Wildman–Crippen LogP) is 2.78. The van der Waals surface area contributed by atoms with Crippen LogP contribution in [0.15, 0.2) is 35.2 Å². The second-order valence-corrected chi connectivity index (χ2v) is 6.39. The number of fused-ring (bicyclic) bond motifs is 1. The summed E-state index contributed by atoms with van der Waals surface area (Å²) in [4.78, 5) is 1.32. The summed E-state index contributed by atoms with van der Waals surface area (Å²) in [7, 11) is 1.96. The third-order valence-electron chi connectivity index (χ3n) is 4.01. The van der Waals surface area contributed by atoms with Gasteiger partial charge in [-0.3, -0.25) is 4.68 Å². The maximum atomic E-state index is 10.6. The van der Waals surface area contributed by atoms with Crippen molar-refractivity contribution in [3.8, 4) is 0 Å². The number of aromatic nitrogens is 2. The lowest BCUT2D eigenvalue weighted by Gasteiger charge is -2.18. The smallest absolute Gasteiger partial charge is 0.0672 e. The second-order valence-electron chi connectivity index (χ2n) is 5.33. The zero-order chi connectivity index (χ0) is 14.1. The fraction of sp³-hybridized carbons (Fsp3) is 0.438. The van der Waals surface area contributed by atoms with Gasteiger partial charge in [-0.25, -0.2) is 0 Å². The van der Waals surface area contributed by atoms with Crippen molar-refractivity contribution in [2.24, 2.45) is 7.05 Å². The van der Waals surface area contributed by atoms with E-state index < -0.39 is 0 Å². The largest absolute Gasteiger partial charge is 0.392 e. The molecule has 3 nitrogen and oxygen atoms in total. The van der Waals surface area contributed by atoms with E-state index in [0.29, 0.717) is 6.42 Å². The highest BCUT2D eigenvalue weighted by molar-refractivity contribution is 7.99. The van der Waals surface area contributed by atoms with Crippen LogP contribution >= 0.6 is 11.8 Å². The lowest BCUT2D eigenvalue weighted by molar-refractivity contribution is 0.149. The SMILES string of the molecule is CCc1cc(CC(O)C2CSc3ccccc32)n(C)n1. The molecule has 0 aliphatic carbocycles. The molecule has 4 heteroatoms. The van der Waals surface area contributed by atoms with Crippen molar-refractivity contribution in [1.29, 1.82) is 0 Å². The van der Waals surface area contributed by atoms with E-state index in [2.05, 4.69) is 42.4 Å². The number of rotatable bonds is 4. The molecule has 2 aromatic rings. The molecule has 1 aliphatic heterocycles. The van der Waals surface area contributed by atoms with E-state index in [4.69, 9.17) is 0 Å². The molecule has 2 atom stereocenters. The Morgan fingerprint density at radius 1 is 1.45 bits per heavy atom.